The minimum Gasteiger partial charge on any atom is -0.383 e. The highest BCUT2D eigenvalue weighted by atomic mass is 35.5. The molecule has 0 radical (unpaired) electrons. The molecule has 2 N–H and O–H groups in total. The van der Waals surface area contributed by atoms with Crippen LogP contribution in [0.25, 0.3) is 0 Å². The average Bonchev–Trinajstić information content (AvgIpc) is 2.31. The van der Waals surface area contributed by atoms with Crippen LogP contribution in [0.15, 0.2) is 35.3 Å². The number of nitrogens with two attached hydrogens (primary N) is 1. The second-order valence-electron chi connectivity index (χ2n) is 4.17. The van der Waals surface area contributed by atoms with Crippen LogP contribution < -0.4 is 5.73 Å². The van der Waals surface area contributed by atoms with Crippen molar-refractivity contribution in [3.63, 3.8) is 0 Å². The van der Waals surface area contributed by atoms with Crippen molar-refractivity contribution in [2.45, 2.75) is 38.1 Å². The summed E-state index contributed by atoms with van der Waals surface area (Å²) in [4.78, 5) is 4.60. The number of amidine groups is 1. The Morgan fingerprint density at radius 2 is 1.69 bits per heavy atom. The molecule has 0 aliphatic heterocycles. The van der Waals surface area contributed by atoms with Crippen LogP contribution in [0, 0.1) is 0 Å². The lowest BCUT2D eigenvalue weighted by Gasteiger charge is -2.18. The molecule has 1 aliphatic rings. The highest BCUT2D eigenvalue weighted by molar-refractivity contribution is 5.97. The Balaban J connectivity index is 0.00000128. The third-order valence-corrected chi connectivity index (χ3v) is 2.97. The Kier molecular flexibility index (Phi) is 5.33. The Hall–Kier alpha value is -1.02. The second-order valence-corrected chi connectivity index (χ2v) is 4.17. The van der Waals surface area contributed by atoms with Gasteiger partial charge >= 0.3 is 0 Å². The van der Waals surface area contributed by atoms with Crippen LogP contribution >= 0.6 is 12.4 Å². The third kappa shape index (κ3) is 3.53. The number of aliphatic imine (C=N–C) groups is 1. The molecule has 0 bridgehead atoms. The van der Waals surface area contributed by atoms with Gasteiger partial charge in [0.25, 0.3) is 0 Å². The minimum atomic E-state index is 0. The molecular weight excluding hydrogens is 220 g/mol. The van der Waals surface area contributed by atoms with Crippen LogP contribution in [0.1, 0.15) is 37.7 Å². The van der Waals surface area contributed by atoms with Gasteiger partial charge in [0, 0.05) is 5.56 Å². The van der Waals surface area contributed by atoms with Gasteiger partial charge in [0.15, 0.2) is 0 Å². The molecule has 0 spiro atoms. The van der Waals surface area contributed by atoms with Gasteiger partial charge in [0.1, 0.15) is 5.84 Å². The molecule has 0 heterocycles. The van der Waals surface area contributed by atoms with E-state index in [1.165, 1.54) is 32.1 Å². The van der Waals surface area contributed by atoms with E-state index in [0.29, 0.717) is 11.9 Å². The molecule has 0 atom stereocenters. The van der Waals surface area contributed by atoms with E-state index < -0.39 is 0 Å². The summed E-state index contributed by atoms with van der Waals surface area (Å²) in [6, 6.07) is 10.5. The molecule has 1 fully saturated rings. The Labute approximate surface area is 103 Å². The first kappa shape index (κ1) is 13.0. The molecule has 0 saturated heterocycles. The van der Waals surface area contributed by atoms with Gasteiger partial charge in [-0.05, 0) is 12.8 Å². The SMILES string of the molecule is Cl.NC(=NC1CCCCC1)c1ccccc1. The van der Waals surface area contributed by atoms with Gasteiger partial charge in [-0.15, -0.1) is 12.4 Å². The van der Waals surface area contributed by atoms with Crippen LogP contribution in [-0.2, 0) is 0 Å². The van der Waals surface area contributed by atoms with E-state index in [4.69, 9.17) is 5.73 Å². The highest BCUT2D eigenvalue weighted by Gasteiger charge is 2.12. The lowest BCUT2D eigenvalue weighted by Crippen LogP contribution is -2.19. The first-order valence-corrected chi connectivity index (χ1v) is 5.75. The first-order valence-electron chi connectivity index (χ1n) is 5.75. The molecule has 2 nitrogen and oxygen atoms in total. The van der Waals surface area contributed by atoms with Crippen molar-refractivity contribution in [2.75, 3.05) is 0 Å². The zero-order valence-electron chi connectivity index (χ0n) is 9.43. The van der Waals surface area contributed by atoms with Crippen molar-refractivity contribution in [1.29, 1.82) is 0 Å². The van der Waals surface area contributed by atoms with Crippen LogP contribution in [0.3, 0.4) is 0 Å². The van der Waals surface area contributed by atoms with Gasteiger partial charge < -0.3 is 5.73 Å². The summed E-state index contributed by atoms with van der Waals surface area (Å²) in [5.74, 6) is 0.697. The second kappa shape index (κ2) is 6.54. The summed E-state index contributed by atoms with van der Waals surface area (Å²) in [5.41, 5.74) is 7.02. The van der Waals surface area contributed by atoms with Gasteiger partial charge in [0.2, 0.25) is 0 Å². The summed E-state index contributed by atoms with van der Waals surface area (Å²) in [7, 11) is 0. The number of halogens is 1. The Morgan fingerprint density at radius 1 is 1.06 bits per heavy atom. The summed E-state index contributed by atoms with van der Waals surface area (Å²) < 4.78 is 0. The smallest absolute Gasteiger partial charge is 0.125 e. The third-order valence-electron chi connectivity index (χ3n) is 2.97. The summed E-state index contributed by atoms with van der Waals surface area (Å²) in [5, 5.41) is 0. The molecule has 0 aromatic heterocycles. The van der Waals surface area contributed by atoms with Crippen molar-refractivity contribution in [1.82, 2.24) is 0 Å². The van der Waals surface area contributed by atoms with E-state index in [9.17, 15) is 0 Å². The maximum Gasteiger partial charge on any atom is 0.125 e. The van der Waals surface area contributed by atoms with Crippen LogP contribution in [0.4, 0.5) is 0 Å². The minimum absolute atomic E-state index is 0. The van der Waals surface area contributed by atoms with E-state index >= 15 is 0 Å². The fourth-order valence-corrected chi connectivity index (χ4v) is 2.09. The number of nitrogens with zero attached hydrogens (tertiary/aromatic N) is 1. The van der Waals surface area contributed by atoms with Gasteiger partial charge in [-0.3, -0.25) is 4.99 Å². The Morgan fingerprint density at radius 3 is 2.31 bits per heavy atom. The predicted molar refractivity (Wildman–Crippen MR) is 71.3 cm³/mol. The fraction of sp³-hybridized carbons (Fsp3) is 0.462. The molecule has 1 aromatic rings. The van der Waals surface area contributed by atoms with E-state index in [1.807, 2.05) is 30.3 Å². The van der Waals surface area contributed by atoms with Gasteiger partial charge in [-0.1, -0.05) is 49.6 Å². The highest BCUT2D eigenvalue weighted by Crippen LogP contribution is 2.20. The molecule has 3 heteroatoms. The van der Waals surface area contributed by atoms with Crippen LogP contribution in [-0.4, -0.2) is 11.9 Å². The van der Waals surface area contributed by atoms with Crippen LogP contribution in [0.2, 0.25) is 0 Å². The topological polar surface area (TPSA) is 38.4 Å². The average molecular weight is 239 g/mol. The van der Waals surface area contributed by atoms with Crippen molar-refractivity contribution >= 4 is 18.2 Å². The van der Waals surface area contributed by atoms with E-state index in [-0.39, 0.29) is 12.4 Å². The lowest BCUT2D eigenvalue weighted by atomic mass is 9.96. The number of hydrogen-bond donors (Lipinski definition) is 1. The lowest BCUT2D eigenvalue weighted by molar-refractivity contribution is 0.443. The van der Waals surface area contributed by atoms with Gasteiger partial charge in [-0.2, -0.15) is 0 Å². The van der Waals surface area contributed by atoms with E-state index in [0.717, 1.165) is 5.56 Å². The number of hydrogen-bond acceptors (Lipinski definition) is 1. The predicted octanol–water partition coefficient (Wildman–Crippen LogP) is 3.15. The summed E-state index contributed by atoms with van der Waals surface area (Å²) >= 11 is 0. The van der Waals surface area contributed by atoms with Gasteiger partial charge in [0.05, 0.1) is 6.04 Å². The van der Waals surface area contributed by atoms with Crippen molar-refractivity contribution in [3.05, 3.63) is 35.9 Å². The molecule has 88 valence electrons. The Bertz CT molecular complexity index is 329. The van der Waals surface area contributed by atoms with Crippen molar-refractivity contribution in [2.24, 2.45) is 10.7 Å². The van der Waals surface area contributed by atoms with Crippen LogP contribution in [0.5, 0.6) is 0 Å². The quantitative estimate of drug-likeness (QED) is 0.624. The molecule has 1 aliphatic carbocycles. The standard InChI is InChI=1S/C13H18N2.ClH/c14-13(11-7-3-1-4-8-11)15-12-9-5-2-6-10-12;/h1,3-4,7-8,12H,2,5-6,9-10H2,(H2,14,15);1H. The molecule has 16 heavy (non-hydrogen) atoms. The van der Waals surface area contributed by atoms with Crippen molar-refractivity contribution in [3.8, 4) is 0 Å². The fourth-order valence-electron chi connectivity index (χ4n) is 2.09. The molecule has 2 rings (SSSR count). The molecule has 0 amide bonds. The zero-order chi connectivity index (χ0) is 10.5. The summed E-state index contributed by atoms with van der Waals surface area (Å²) in [6.07, 6.45) is 6.37. The molecule has 0 unspecified atom stereocenters. The van der Waals surface area contributed by atoms with Gasteiger partial charge in [-0.25, -0.2) is 0 Å². The van der Waals surface area contributed by atoms with E-state index in [2.05, 4.69) is 4.99 Å². The normalized spacial score (nSPS) is 17.9. The molecule has 1 saturated carbocycles. The summed E-state index contributed by atoms with van der Waals surface area (Å²) in [6.45, 7) is 0. The zero-order valence-corrected chi connectivity index (χ0v) is 10.2. The van der Waals surface area contributed by atoms with Crippen molar-refractivity contribution < 1.29 is 0 Å². The van der Waals surface area contributed by atoms with E-state index in [1.54, 1.807) is 0 Å². The maximum absolute atomic E-state index is 5.98. The number of rotatable bonds is 2. The molecule has 1 aromatic carbocycles. The molecular formula is C13H19ClN2. The number of benzene rings is 1. The first-order chi connectivity index (χ1) is 7.36. The monoisotopic (exact) mass is 238 g/mol. The maximum atomic E-state index is 5.98. The largest absolute Gasteiger partial charge is 0.383 e.